The van der Waals surface area contributed by atoms with Crippen molar-refractivity contribution in [3.63, 3.8) is 0 Å². The fourth-order valence-corrected chi connectivity index (χ4v) is 4.50. The number of benzene rings is 1. The van der Waals surface area contributed by atoms with E-state index in [1.54, 1.807) is 16.7 Å². The van der Waals surface area contributed by atoms with Crippen LogP contribution in [-0.2, 0) is 17.8 Å². The molecule has 5 nitrogen and oxygen atoms in total. The number of carbonyl (C=O) groups is 1. The monoisotopic (exact) mass is 423 g/mol. The van der Waals surface area contributed by atoms with E-state index in [1.165, 1.54) is 11.3 Å². The van der Waals surface area contributed by atoms with Gasteiger partial charge in [0, 0.05) is 29.8 Å². The Morgan fingerprint density at radius 2 is 2.04 bits per heavy atom. The summed E-state index contributed by atoms with van der Waals surface area (Å²) in [5.74, 6) is 0.330. The summed E-state index contributed by atoms with van der Waals surface area (Å²) in [6.45, 7) is 4.33. The molecule has 0 saturated carbocycles. The number of hydrogen-bond donors (Lipinski definition) is 1. The van der Waals surface area contributed by atoms with E-state index in [0.717, 1.165) is 16.0 Å². The first-order chi connectivity index (χ1) is 12.8. The van der Waals surface area contributed by atoms with Crippen LogP contribution >= 0.6 is 34.5 Å². The predicted octanol–water partition coefficient (Wildman–Crippen LogP) is 4.57. The molecule has 2 N–H and O–H groups in total. The molecule has 0 bridgehead atoms. The summed E-state index contributed by atoms with van der Waals surface area (Å²) in [5.41, 5.74) is 6.78. The van der Waals surface area contributed by atoms with Gasteiger partial charge < -0.3 is 5.73 Å². The molecule has 1 amide bonds. The Balaban J connectivity index is 2.21. The smallest absolute Gasteiger partial charge is 0.262 e. The van der Waals surface area contributed by atoms with Crippen molar-refractivity contribution >= 4 is 50.7 Å². The lowest BCUT2D eigenvalue weighted by Crippen LogP contribution is -2.25. The number of nitrogens with two attached hydrogens (primary N) is 1. The zero-order valence-corrected chi connectivity index (χ0v) is 17.3. The molecular formula is C19H19Cl2N3O2S. The summed E-state index contributed by atoms with van der Waals surface area (Å²) >= 11 is 13.7. The highest BCUT2D eigenvalue weighted by Gasteiger charge is 2.19. The number of halogens is 2. The second-order valence-corrected chi connectivity index (χ2v) is 8.27. The molecule has 0 fully saturated rings. The Labute approximate surface area is 170 Å². The molecule has 0 aliphatic carbocycles. The second kappa shape index (κ2) is 8.00. The van der Waals surface area contributed by atoms with E-state index >= 15 is 0 Å². The van der Waals surface area contributed by atoms with E-state index < -0.39 is 0 Å². The van der Waals surface area contributed by atoms with Crippen molar-refractivity contribution in [1.29, 1.82) is 0 Å². The summed E-state index contributed by atoms with van der Waals surface area (Å²) in [7, 11) is 0. The standard InChI is InChI=1S/C19H19Cl2N3O2S/c1-3-15-23-18-17(19(26)24(15)8-4-5-14(22)25)16(10(2)27-18)11-6-7-12(20)13(21)9-11/h6-7,9H,3-5,8H2,1-2H3,(H2,22,25). The van der Waals surface area contributed by atoms with Crippen LogP contribution in [0.5, 0.6) is 0 Å². The molecule has 142 valence electrons. The largest absolute Gasteiger partial charge is 0.370 e. The fourth-order valence-electron chi connectivity index (χ4n) is 3.15. The number of fused-ring (bicyclic) bond motifs is 1. The van der Waals surface area contributed by atoms with Crippen molar-refractivity contribution in [3.05, 3.63) is 49.3 Å². The molecule has 0 radical (unpaired) electrons. The number of aromatic nitrogens is 2. The van der Waals surface area contributed by atoms with Gasteiger partial charge in [0.1, 0.15) is 10.7 Å². The average molecular weight is 424 g/mol. The van der Waals surface area contributed by atoms with Crippen molar-refractivity contribution in [3.8, 4) is 11.1 Å². The maximum atomic E-state index is 13.3. The van der Waals surface area contributed by atoms with Crippen molar-refractivity contribution < 1.29 is 4.79 Å². The lowest BCUT2D eigenvalue weighted by Gasteiger charge is -2.11. The van der Waals surface area contributed by atoms with Gasteiger partial charge >= 0.3 is 0 Å². The first kappa shape index (κ1) is 19.9. The van der Waals surface area contributed by atoms with Gasteiger partial charge in [0.15, 0.2) is 0 Å². The molecule has 3 aromatic rings. The normalized spacial score (nSPS) is 11.3. The predicted molar refractivity (Wildman–Crippen MR) is 112 cm³/mol. The first-order valence-electron chi connectivity index (χ1n) is 8.60. The zero-order chi connectivity index (χ0) is 19.7. The van der Waals surface area contributed by atoms with Crippen LogP contribution in [0.4, 0.5) is 0 Å². The van der Waals surface area contributed by atoms with Gasteiger partial charge in [-0.2, -0.15) is 0 Å². The molecule has 2 heterocycles. The van der Waals surface area contributed by atoms with Crippen LogP contribution < -0.4 is 11.3 Å². The van der Waals surface area contributed by atoms with Crippen molar-refractivity contribution in [2.75, 3.05) is 0 Å². The van der Waals surface area contributed by atoms with Gasteiger partial charge in [-0.15, -0.1) is 11.3 Å². The Bertz CT molecular complexity index is 1090. The molecule has 1 aromatic carbocycles. The molecule has 8 heteroatoms. The van der Waals surface area contributed by atoms with E-state index in [2.05, 4.69) is 0 Å². The fraction of sp³-hybridized carbons (Fsp3) is 0.316. The van der Waals surface area contributed by atoms with Crippen LogP contribution in [0.2, 0.25) is 10.0 Å². The molecule has 3 rings (SSSR count). The topological polar surface area (TPSA) is 78.0 Å². The molecule has 2 aromatic heterocycles. The molecule has 0 saturated heterocycles. The number of nitrogens with zero attached hydrogens (tertiary/aromatic N) is 2. The van der Waals surface area contributed by atoms with Crippen LogP contribution in [-0.4, -0.2) is 15.5 Å². The lowest BCUT2D eigenvalue weighted by atomic mass is 10.0. The van der Waals surface area contributed by atoms with E-state index in [4.69, 9.17) is 33.9 Å². The Hall–Kier alpha value is -1.89. The lowest BCUT2D eigenvalue weighted by molar-refractivity contribution is -0.118. The molecule has 0 aliphatic rings. The number of amides is 1. The quantitative estimate of drug-likeness (QED) is 0.630. The number of thiophene rings is 1. The van der Waals surface area contributed by atoms with Gasteiger partial charge in [-0.25, -0.2) is 4.98 Å². The summed E-state index contributed by atoms with van der Waals surface area (Å²) in [6.07, 6.45) is 1.36. The summed E-state index contributed by atoms with van der Waals surface area (Å²) in [6, 6.07) is 5.34. The highest BCUT2D eigenvalue weighted by Crippen LogP contribution is 2.38. The molecular weight excluding hydrogens is 405 g/mol. The summed E-state index contributed by atoms with van der Waals surface area (Å²) in [4.78, 5) is 30.7. The number of primary amides is 1. The average Bonchev–Trinajstić information content (AvgIpc) is 2.95. The third kappa shape index (κ3) is 3.88. The minimum absolute atomic E-state index is 0.105. The number of carbonyl (C=O) groups excluding carboxylic acids is 1. The molecule has 0 spiro atoms. The Kier molecular flexibility index (Phi) is 5.89. The Morgan fingerprint density at radius 3 is 2.67 bits per heavy atom. The molecule has 0 unspecified atom stereocenters. The van der Waals surface area contributed by atoms with E-state index in [-0.39, 0.29) is 17.9 Å². The van der Waals surface area contributed by atoms with Gasteiger partial charge in [0.25, 0.3) is 5.56 Å². The van der Waals surface area contributed by atoms with Gasteiger partial charge in [0.05, 0.1) is 15.4 Å². The molecule has 0 atom stereocenters. The number of rotatable bonds is 6. The second-order valence-electron chi connectivity index (χ2n) is 6.25. The summed E-state index contributed by atoms with van der Waals surface area (Å²) < 4.78 is 1.65. The SMILES string of the molecule is CCc1nc2sc(C)c(-c3ccc(Cl)c(Cl)c3)c2c(=O)n1CCCC(N)=O. The minimum atomic E-state index is -0.377. The molecule has 27 heavy (non-hydrogen) atoms. The van der Waals surface area contributed by atoms with Crippen molar-refractivity contribution in [2.45, 2.75) is 39.7 Å². The van der Waals surface area contributed by atoms with Crippen LogP contribution in [0.15, 0.2) is 23.0 Å². The number of aryl methyl sites for hydroxylation is 2. The van der Waals surface area contributed by atoms with Gasteiger partial charge in [0.2, 0.25) is 5.91 Å². The first-order valence-corrected chi connectivity index (χ1v) is 10.2. The zero-order valence-electron chi connectivity index (χ0n) is 15.0. The number of hydrogen-bond acceptors (Lipinski definition) is 4. The van der Waals surface area contributed by atoms with Crippen LogP contribution in [0.3, 0.4) is 0 Å². The van der Waals surface area contributed by atoms with Gasteiger partial charge in [-0.05, 0) is 31.0 Å². The van der Waals surface area contributed by atoms with Gasteiger partial charge in [-0.3, -0.25) is 14.2 Å². The highest BCUT2D eigenvalue weighted by molar-refractivity contribution is 7.19. The van der Waals surface area contributed by atoms with Crippen molar-refractivity contribution in [1.82, 2.24) is 9.55 Å². The van der Waals surface area contributed by atoms with Crippen LogP contribution in [0.25, 0.3) is 21.3 Å². The van der Waals surface area contributed by atoms with Crippen LogP contribution in [0.1, 0.15) is 30.5 Å². The van der Waals surface area contributed by atoms with Crippen molar-refractivity contribution in [2.24, 2.45) is 5.73 Å². The Morgan fingerprint density at radius 1 is 1.30 bits per heavy atom. The van der Waals surface area contributed by atoms with Crippen LogP contribution in [0, 0.1) is 6.92 Å². The van der Waals surface area contributed by atoms with E-state index in [9.17, 15) is 9.59 Å². The minimum Gasteiger partial charge on any atom is -0.370 e. The van der Waals surface area contributed by atoms with E-state index in [1.807, 2.05) is 19.9 Å². The van der Waals surface area contributed by atoms with E-state index in [0.29, 0.717) is 45.5 Å². The summed E-state index contributed by atoms with van der Waals surface area (Å²) in [5, 5.41) is 1.48. The van der Waals surface area contributed by atoms with Gasteiger partial charge in [-0.1, -0.05) is 36.2 Å². The maximum absolute atomic E-state index is 13.3. The maximum Gasteiger partial charge on any atom is 0.262 e. The highest BCUT2D eigenvalue weighted by atomic mass is 35.5. The third-order valence-electron chi connectivity index (χ3n) is 4.40. The molecule has 0 aliphatic heterocycles. The third-order valence-corrected chi connectivity index (χ3v) is 6.13.